The Bertz CT molecular complexity index is 1180. The van der Waals surface area contributed by atoms with Crippen LogP contribution in [0.2, 0.25) is 0 Å². The highest BCUT2D eigenvalue weighted by Gasteiger charge is 2.32. The maximum absolute atomic E-state index is 12.8. The Morgan fingerprint density at radius 1 is 1.17 bits per heavy atom. The molecule has 0 aliphatic carbocycles. The van der Waals surface area contributed by atoms with Crippen LogP contribution >= 0.6 is 24.0 Å². The molecule has 1 saturated heterocycles. The van der Waals surface area contributed by atoms with Gasteiger partial charge in [-0.3, -0.25) is 19.8 Å². The number of furan rings is 1. The van der Waals surface area contributed by atoms with Gasteiger partial charge in [0.15, 0.2) is 0 Å². The van der Waals surface area contributed by atoms with E-state index in [0.717, 1.165) is 11.1 Å². The smallest absolute Gasteiger partial charge is 0.270 e. The molecule has 1 aromatic heterocycles. The molecule has 2 aromatic carbocycles. The SMILES string of the molecule is Cc1ccc([N+](=O)[O-])cc1-c1ccc(/C=C2\SC(=S)N(Cc3ccccc3)C2=O)o1. The summed E-state index contributed by atoms with van der Waals surface area (Å²) in [6, 6.07) is 17.8. The Kier molecular flexibility index (Phi) is 5.52. The van der Waals surface area contributed by atoms with Gasteiger partial charge in [-0.15, -0.1) is 0 Å². The van der Waals surface area contributed by atoms with Crippen LogP contribution in [0.3, 0.4) is 0 Å². The molecule has 0 N–H and O–H groups in total. The summed E-state index contributed by atoms with van der Waals surface area (Å²) < 4.78 is 6.35. The lowest BCUT2D eigenvalue weighted by Gasteiger charge is -2.14. The third kappa shape index (κ3) is 4.05. The van der Waals surface area contributed by atoms with Crippen molar-refractivity contribution in [3.05, 3.63) is 92.6 Å². The quantitative estimate of drug-likeness (QED) is 0.225. The zero-order valence-corrected chi connectivity index (χ0v) is 17.5. The van der Waals surface area contributed by atoms with E-state index in [1.165, 1.54) is 23.9 Å². The minimum atomic E-state index is -0.440. The Labute approximate surface area is 182 Å². The molecule has 0 bridgehead atoms. The number of nitro groups is 1. The van der Waals surface area contributed by atoms with Gasteiger partial charge in [-0.2, -0.15) is 0 Å². The van der Waals surface area contributed by atoms with Gasteiger partial charge in [-0.25, -0.2) is 0 Å². The van der Waals surface area contributed by atoms with Crippen molar-refractivity contribution in [1.29, 1.82) is 0 Å². The van der Waals surface area contributed by atoms with E-state index in [9.17, 15) is 14.9 Å². The fourth-order valence-corrected chi connectivity index (χ4v) is 4.33. The third-order valence-corrected chi connectivity index (χ3v) is 6.03. The molecular weight excluding hydrogens is 420 g/mol. The first-order valence-electron chi connectivity index (χ1n) is 9.07. The topological polar surface area (TPSA) is 76.6 Å². The first-order valence-corrected chi connectivity index (χ1v) is 10.3. The Morgan fingerprint density at radius 2 is 1.93 bits per heavy atom. The van der Waals surface area contributed by atoms with E-state index in [1.54, 1.807) is 29.2 Å². The number of amides is 1. The molecule has 30 heavy (non-hydrogen) atoms. The lowest BCUT2D eigenvalue weighted by Crippen LogP contribution is -2.27. The fourth-order valence-electron chi connectivity index (χ4n) is 3.10. The number of nitro benzene ring substituents is 1. The van der Waals surface area contributed by atoms with Gasteiger partial charge < -0.3 is 4.42 Å². The number of thiocarbonyl (C=S) groups is 1. The van der Waals surface area contributed by atoms with Crippen LogP contribution in [-0.2, 0) is 11.3 Å². The third-order valence-electron chi connectivity index (χ3n) is 4.65. The second kappa shape index (κ2) is 8.25. The van der Waals surface area contributed by atoms with E-state index >= 15 is 0 Å². The van der Waals surface area contributed by atoms with Crippen LogP contribution in [-0.4, -0.2) is 20.1 Å². The second-order valence-electron chi connectivity index (χ2n) is 6.71. The second-order valence-corrected chi connectivity index (χ2v) is 8.39. The molecule has 6 nitrogen and oxygen atoms in total. The molecule has 0 saturated carbocycles. The van der Waals surface area contributed by atoms with Crippen LogP contribution in [0, 0.1) is 17.0 Å². The molecule has 3 aromatic rings. The van der Waals surface area contributed by atoms with Crippen LogP contribution in [0.5, 0.6) is 0 Å². The Hall–Kier alpha value is -3.23. The van der Waals surface area contributed by atoms with Gasteiger partial charge in [0.05, 0.1) is 16.4 Å². The van der Waals surface area contributed by atoms with Crippen LogP contribution in [0.4, 0.5) is 5.69 Å². The molecule has 1 aliphatic rings. The van der Waals surface area contributed by atoms with Crippen molar-refractivity contribution in [2.45, 2.75) is 13.5 Å². The minimum absolute atomic E-state index is 0.00432. The molecule has 1 fully saturated rings. The van der Waals surface area contributed by atoms with Gasteiger partial charge in [-0.05, 0) is 30.2 Å². The average Bonchev–Trinajstić information content (AvgIpc) is 3.29. The van der Waals surface area contributed by atoms with Crippen LogP contribution < -0.4 is 0 Å². The predicted molar refractivity (Wildman–Crippen MR) is 121 cm³/mol. The molecule has 150 valence electrons. The minimum Gasteiger partial charge on any atom is -0.457 e. The summed E-state index contributed by atoms with van der Waals surface area (Å²) in [5.74, 6) is 0.816. The molecule has 8 heteroatoms. The average molecular weight is 437 g/mol. The summed E-state index contributed by atoms with van der Waals surface area (Å²) in [5, 5.41) is 11.1. The van der Waals surface area contributed by atoms with E-state index < -0.39 is 4.92 Å². The van der Waals surface area contributed by atoms with E-state index in [0.29, 0.717) is 32.9 Å². The number of hydrogen-bond donors (Lipinski definition) is 0. The Balaban J connectivity index is 1.57. The van der Waals surface area contributed by atoms with Gasteiger partial charge in [0.1, 0.15) is 15.8 Å². The normalized spacial score (nSPS) is 15.2. The van der Waals surface area contributed by atoms with Crippen molar-refractivity contribution in [3.8, 4) is 11.3 Å². The van der Waals surface area contributed by atoms with Crippen molar-refractivity contribution in [2.75, 3.05) is 0 Å². The van der Waals surface area contributed by atoms with Gasteiger partial charge in [0.25, 0.3) is 11.6 Å². The molecule has 1 aliphatic heterocycles. The van der Waals surface area contributed by atoms with Gasteiger partial charge >= 0.3 is 0 Å². The highest BCUT2D eigenvalue weighted by atomic mass is 32.2. The number of non-ortho nitro benzene ring substituents is 1. The lowest BCUT2D eigenvalue weighted by molar-refractivity contribution is -0.384. The number of nitrogens with zero attached hydrogens (tertiary/aromatic N) is 2. The Morgan fingerprint density at radius 3 is 2.67 bits per heavy atom. The predicted octanol–water partition coefficient (Wildman–Crippen LogP) is 5.56. The van der Waals surface area contributed by atoms with Gasteiger partial charge in [-0.1, -0.05) is 60.4 Å². The maximum atomic E-state index is 12.8. The summed E-state index contributed by atoms with van der Waals surface area (Å²) in [4.78, 5) is 25.5. The summed E-state index contributed by atoms with van der Waals surface area (Å²) >= 11 is 6.61. The molecule has 0 unspecified atom stereocenters. The van der Waals surface area contributed by atoms with Gasteiger partial charge in [0, 0.05) is 23.8 Å². The van der Waals surface area contributed by atoms with Crippen LogP contribution in [0.1, 0.15) is 16.9 Å². The van der Waals surface area contributed by atoms with Crippen LogP contribution in [0.15, 0.2) is 70.0 Å². The standard InChI is InChI=1S/C22H16N2O4S2/c1-14-7-8-16(24(26)27)11-18(14)19-10-9-17(28-19)12-20-21(25)23(22(29)30-20)13-15-5-3-2-4-6-15/h2-12H,13H2,1H3/b20-12-. The van der Waals surface area contributed by atoms with Crippen molar-refractivity contribution in [1.82, 2.24) is 4.90 Å². The van der Waals surface area contributed by atoms with Gasteiger partial charge in [0.2, 0.25) is 0 Å². The zero-order valence-electron chi connectivity index (χ0n) is 15.9. The number of aryl methyl sites for hydroxylation is 1. The number of hydrogen-bond acceptors (Lipinski definition) is 6. The number of thioether (sulfide) groups is 1. The van der Waals surface area contributed by atoms with E-state index in [4.69, 9.17) is 16.6 Å². The molecule has 1 amide bonds. The van der Waals surface area contributed by atoms with Crippen molar-refractivity contribution in [3.63, 3.8) is 0 Å². The summed E-state index contributed by atoms with van der Waals surface area (Å²) in [7, 11) is 0. The summed E-state index contributed by atoms with van der Waals surface area (Å²) in [6.45, 7) is 2.27. The maximum Gasteiger partial charge on any atom is 0.270 e. The number of carbonyl (C=O) groups is 1. The molecular formula is C22H16N2O4S2. The highest BCUT2D eigenvalue weighted by molar-refractivity contribution is 8.26. The molecule has 0 spiro atoms. The van der Waals surface area contributed by atoms with Crippen LogP contribution in [0.25, 0.3) is 17.4 Å². The molecule has 0 atom stereocenters. The van der Waals surface area contributed by atoms with Crippen molar-refractivity contribution in [2.24, 2.45) is 0 Å². The number of rotatable bonds is 5. The lowest BCUT2D eigenvalue weighted by atomic mass is 10.1. The number of carbonyl (C=O) groups excluding carboxylic acids is 1. The van der Waals surface area contributed by atoms with Crippen molar-refractivity contribution < 1.29 is 14.1 Å². The zero-order chi connectivity index (χ0) is 21.3. The summed E-state index contributed by atoms with van der Waals surface area (Å²) in [6.07, 6.45) is 1.65. The van der Waals surface area contributed by atoms with E-state index in [2.05, 4.69) is 0 Å². The van der Waals surface area contributed by atoms with E-state index in [-0.39, 0.29) is 11.6 Å². The number of benzene rings is 2. The first kappa shape index (κ1) is 20.1. The van der Waals surface area contributed by atoms with Crippen molar-refractivity contribution >= 4 is 46.0 Å². The first-order chi connectivity index (χ1) is 14.4. The molecule has 2 heterocycles. The molecule has 4 rings (SSSR count). The summed E-state index contributed by atoms with van der Waals surface area (Å²) in [5.41, 5.74) is 2.49. The largest absolute Gasteiger partial charge is 0.457 e. The fraction of sp³-hybridized carbons (Fsp3) is 0.0909. The monoisotopic (exact) mass is 436 g/mol. The highest BCUT2D eigenvalue weighted by Crippen LogP contribution is 2.35. The van der Waals surface area contributed by atoms with E-state index in [1.807, 2.05) is 37.3 Å². The molecule has 0 radical (unpaired) electrons.